The third-order valence-electron chi connectivity index (χ3n) is 4.25. The summed E-state index contributed by atoms with van der Waals surface area (Å²) in [5.74, 6) is -0.703. The van der Waals surface area contributed by atoms with Crippen LogP contribution in [0.1, 0.15) is 16.7 Å². The number of hydrazone groups is 1. The molecule has 148 valence electrons. The van der Waals surface area contributed by atoms with Gasteiger partial charge in [-0.15, -0.1) is 0 Å². The number of nitrogens with one attached hydrogen (secondary N) is 1. The largest absolute Gasteiger partial charge is 0.506 e. The number of aromatic hydroxyl groups is 1. The first-order chi connectivity index (χ1) is 13.9. The highest BCUT2D eigenvalue weighted by Crippen LogP contribution is 2.38. The fourth-order valence-electron chi connectivity index (χ4n) is 2.74. The summed E-state index contributed by atoms with van der Waals surface area (Å²) in [6.07, 6.45) is 1.37. The van der Waals surface area contributed by atoms with Crippen LogP contribution in [0, 0.1) is 0 Å². The van der Waals surface area contributed by atoms with E-state index in [1.54, 1.807) is 66.7 Å². The van der Waals surface area contributed by atoms with Crippen LogP contribution in [-0.2, 0) is 10.4 Å². The fraction of sp³-hybridized carbons (Fsp3) is 0.0476. The lowest BCUT2D eigenvalue weighted by atomic mass is 9.85. The summed E-state index contributed by atoms with van der Waals surface area (Å²) in [5.41, 5.74) is 1.84. The van der Waals surface area contributed by atoms with Gasteiger partial charge in [-0.2, -0.15) is 5.10 Å². The lowest BCUT2D eigenvalue weighted by molar-refractivity contribution is -0.136. The molecule has 1 amide bonds. The van der Waals surface area contributed by atoms with Crippen molar-refractivity contribution in [3.8, 4) is 5.75 Å². The van der Waals surface area contributed by atoms with Gasteiger partial charge in [0.25, 0.3) is 5.91 Å². The van der Waals surface area contributed by atoms with Crippen molar-refractivity contribution in [2.75, 3.05) is 0 Å². The Morgan fingerprint density at radius 1 is 0.931 bits per heavy atom. The zero-order chi connectivity index (χ0) is 21.0. The van der Waals surface area contributed by atoms with Crippen LogP contribution < -0.4 is 5.43 Å². The summed E-state index contributed by atoms with van der Waals surface area (Å²) in [5, 5.41) is 25.4. The number of phenols is 1. The Hall–Kier alpha value is -2.00. The number of amides is 1. The van der Waals surface area contributed by atoms with Crippen LogP contribution in [0.15, 0.2) is 85.2 Å². The molecule has 0 bridgehead atoms. The van der Waals surface area contributed by atoms with Crippen LogP contribution in [0.4, 0.5) is 0 Å². The molecule has 0 unspecified atom stereocenters. The van der Waals surface area contributed by atoms with Crippen LogP contribution in [0.5, 0.6) is 5.75 Å². The molecule has 3 aromatic carbocycles. The van der Waals surface area contributed by atoms with E-state index < -0.39 is 11.5 Å². The van der Waals surface area contributed by atoms with Crippen molar-refractivity contribution in [3.63, 3.8) is 0 Å². The minimum Gasteiger partial charge on any atom is -0.506 e. The lowest BCUT2D eigenvalue weighted by Gasteiger charge is -2.27. The van der Waals surface area contributed by atoms with Crippen molar-refractivity contribution in [2.24, 2.45) is 5.10 Å². The number of nitrogens with zero attached hydrogens (tertiary/aromatic N) is 1. The number of carbonyl (C=O) groups is 1. The van der Waals surface area contributed by atoms with E-state index in [2.05, 4.69) is 58.3 Å². The molecule has 0 saturated heterocycles. The van der Waals surface area contributed by atoms with Crippen molar-refractivity contribution < 1.29 is 15.0 Å². The summed E-state index contributed by atoms with van der Waals surface area (Å²) in [6, 6.07) is 19.0. The first-order valence-electron chi connectivity index (χ1n) is 8.39. The van der Waals surface area contributed by atoms with Crippen LogP contribution in [0.2, 0.25) is 0 Å². The number of carbonyl (C=O) groups excluding carboxylic acids is 1. The molecule has 3 N–H and O–H groups in total. The molecule has 3 rings (SSSR count). The molecule has 0 heterocycles. The van der Waals surface area contributed by atoms with Gasteiger partial charge in [0, 0.05) is 10.0 Å². The zero-order valence-corrected chi connectivity index (χ0v) is 19.6. The Bertz CT molecular complexity index is 1020. The van der Waals surface area contributed by atoms with Gasteiger partial charge in [-0.1, -0.05) is 76.6 Å². The fourth-order valence-corrected chi connectivity index (χ4v) is 5.06. The summed E-state index contributed by atoms with van der Waals surface area (Å²) >= 11 is 9.93. The van der Waals surface area contributed by atoms with Crippen molar-refractivity contribution in [3.05, 3.63) is 96.8 Å². The molecule has 0 aromatic heterocycles. The number of phenolic OH excluding ortho intramolecular Hbond substituents is 1. The predicted octanol–water partition coefficient (Wildman–Crippen LogP) is 5.07. The molecule has 8 heteroatoms. The highest BCUT2D eigenvalue weighted by molar-refractivity contribution is 9.11. The van der Waals surface area contributed by atoms with Crippen molar-refractivity contribution in [2.45, 2.75) is 5.60 Å². The highest BCUT2D eigenvalue weighted by atomic mass is 79.9. The smallest absolute Gasteiger partial charge is 0.281 e. The average molecular weight is 583 g/mol. The van der Waals surface area contributed by atoms with Gasteiger partial charge in [0.15, 0.2) is 5.60 Å². The molecule has 0 aliphatic rings. The Kier molecular flexibility index (Phi) is 6.89. The molecule has 3 aromatic rings. The molecule has 0 radical (unpaired) electrons. The number of hydrogen-bond donors (Lipinski definition) is 3. The third-order valence-corrected chi connectivity index (χ3v) is 6.32. The van der Waals surface area contributed by atoms with Crippen LogP contribution >= 0.6 is 47.8 Å². The standard InChI is InChI=1S/C21H15Br3N2O3/c22-16-11-17(23)19(27)18(24)15(16)12-25-26-20(28)21(29,13-7-3-1-4-8-13)14-9-5-2-6-10-14/h1-12,27,29H,(H,26,28)/b25-12+. The highest BCUT2D eigenvalue weighted by Gasteiger charge is 2.39. The van der Waals surface area contributed by atoms with E-state index in [0.717, 1.165) is 0 Å². The lowest BCUT2D eigenvalue weighted by Crippen LogP contribution is -2.43. The van der Waals surface area contributed by atoms with E-state index in [1.165, 1.54) is 6.21 Å². The number of hydrogen-bond acceptors (Lipinski definition) is 4. The van der Waals surface area contributed by atoms with Crippen molar-refractivity contribution in [1.29, 1.82) is 0 Å². The van der Waals surface area contributed by atoms with E-state index in [4.69, 9.17) is 0 Å². The van der Waals surface area contributed by atoms with Gasteiger partial charge in [-0.3, -0.25) is 4.79 Å². The summed E-state index contributed by atoms with van der Waals surface area (Å²) in [6.45, 7) is 0. The Morgan fingerprint density at radius 2 is 1.45 bits per heavy atom. The van der Waals surface area contributed by atoms with Crippen LogP contribution in [-0.4, -0.2) is 22.3 Å². The number of benzene rings is 3. The number of halogens is 3. The first-order valence-corrected chi connectivity index (χ1v) is 10.8. The second-order valence-electron chi connectivity index (χ2n) is 6.06. The molecule has 0 aliphatic heterocycles. The molecule has 0 saturated carbocycles. The molecular formula is C21H15Br3N2O3. The monoisotopic (exact) mass is 580 g/mol. The summed E-state index contributed by atoms with van der Waals surface area (Å²) < 4.78 is 1.55. The Morgan fingerprint density at radius 3 is 1.97 bits per heavy atom. The molecular weight excluding hydrogens is 568 g/mol. The van der Waals surface area contributed by atoms with Gasteiger partial charge in [-0.25, -0.2) is 5.43 Å². The molecule has 0 fully saturated rings. The van der Waals surface area contributed by atoms with E-state index in [9.17, 15) is 15.0 Å². The first kappa shape index (κ1) is 21.7. The minimum absolute atomic E-state index is 0.00560. The normalized spacial score (nSPS) is 11.6. The van der Waals surface area contributed by atoms with Crippen LogP contribution in [0.3, 0.4) is 0 Å². The molecule has 5 nitrogen and oxygen atoms in total. The van der Waals surface area contributed by atoms with Gasteiger partial charge in [0.05, 0.1) is 15.2 Å². The van der Waals surface area contributed by atoms with E-state index >= 15 is 0 Å². The molecule has 29 heavy (non-hydrogen) atoms. The van der Waals surface area contributed by atoms with E-state index in [0.29, 0.717) is 30.1 Å². The zero-order valence-electron chi connectivity index (χ0n) is 14.8. The quantitative estimate of drug-likeness (QED) is 0.290. The molecule has 0 aliphatic carbocycles. The maximum absolute atomic E-state index is 13.0. The Labute approximate surface area is 192 Å². The maximum Gasteiger partial charge on any atom is 0.281 e. The number of aliphatic hydroxyl groups is 1. The molecule has 0 atom stereocenters. The predicted molar refractivity (Wildman–Crippen MR) is 123 cm³/mol. The van der Waals surface area contributed by atoms with Gasteiger partial charge >= 0.3 is 0 Å². The Balaban J connectivity index is 1.93. The maximum atomic E-state index is 13.0. The topological polar surface area (TPSA) is 81.9 Å². The van der Waals surface area contributed by atoms with Gasteiger partial charge < -0.3 is 10.2 Å². The minimum atomic E-state index is -1.92. The molecule has 0 spiro atoms. The second-order valence-corrected chi connectivity index (χ2v) is 8.56. The summed E-state index contributed by atoms with van der Waals surface area (Å²) in [7, 11) is 0. The van der Waals surface area contributed by atoms with Gasteiger partial charge in [-0.05, 0) is 49.1 Å². The van der Waals surface area contributed by atoms with Crippen molar-refractivity contribution >= 4 is 59.9 Å². The van der Waals surface area contributed by atoms with Gasteiger partial charge in [0.2, 0.25) is 0 Å². The van der Waals surface area contributed by atoms with E-state index in [1.807, 2.05) is 0 Å². The average Bonchev–Trinajstić information content (AvgIpc) is 2.75. The third kappa shape index (κ3) is 4.45. The second kappa shape index (κ2) is 9.21. The van der Waals surface area contributed by atoms with Gasteiger partial charge in [0.1, 0.15) is 5.75 Å². The van der Waals surface area contributed by atoms with Crippen LogP contribution in [0.25, 0.3) is 0 Å². The SMILES string of the molecule is O=C(N/N=C/c1c(Br)cc(Br)c(O)c1Br)C(O)(c1ccccc1)c1ccccc1. The van der Waals surface area contributed by atoms with E-state index in [-0.39, 0.29) is 5.75 Å². The summed E-state index contributed by atoms with van der Waals surface area (Å²) in [4.78, 5) is 13.0. The van der Waals surface area contributed by atoms with Crippen molar-refractivity contribution in [1.82, 2.24) is 5.43 Å². The number of rotatable bonds is 5.